The predicted octanol–water partition coefficient (Wildman–Crippen LogP) is 9.17. The smallest absolute Gasteiger partial charge is 0.249 e. The minimum absolute atomic E-state index is 0.343. The fourth-order valence-corrected chi connectivity index (χ4v) is 5.36. The largest absolute Gasteiger partial charge is 0.394 e. The van der Waals surface area contributed by atoms with Crippen molar-refractivity contribution in [2.24, 2.45) is 0 Å². The highest BCUT2D eigenvalue weighted by Crippen LogP contribution is 2.13. The Morgan fingerprint density at radius 3 is 1.43 bits per heavy atom. The number of carbonyl (C=O) groups is 1. The van der Waals surface area contributed by atoms with E-state index in [1.165, 1.54) is 70.6 Å². The summed E-state index contributed by atoms with van der Waals surface area (Å²) in [6, 6.07) is -1.01. The first-order chi connectivity index (χ1) is 22.5. The van der Waals surface area contributed by atoms with Crippen LogP contribution in [0.1, 0.15) is 168 Å². The third-order valence-electron chi connectivity index (χ3n) is 8.47. The first-order valence-corrected chi connectivity index (χ1v) is 19.0. The number of rotatable bonds is 33. The van der Waals surface area contributed by atoms with Crippen LogP contribution < -0.4 is 5.32 Å². The summed E-state index contributed by atoms with van der Waals surface area (Å²) in [6.07, 6.45) is 39.8. The molecule has 0 fully saturated rings. The average Bonchev–Trinajstić information content (AvgIpc) is 3.06. The molecule has 6 heteroatoms. The molecular weight excluding hydrogens is 574 g/mol. The summed E-state index contributed by atoms with van der Waals surface area (Å²) >= 11 is 0. The zero-order chi connectivity index (χ0) is 33.9. The van der Waals surface area contributed by atoms with Crippen molar-refractivity contribution in [2.45, 2.75) is 192 Å². The molecule has 0 rings (SSSR count). The lowest BCUT2D eigenvalue weighted by Crippen LogP contribution is -2.53. The molecule has 4 unspecified atom stereocenters. The first-order valence-electron chi connectivity index (χ1n) is 19.0. The van der Waals surface area contributed by atoms with Crippen LogP contribution in [0.25, 0.3) is 0 Å². The second kappa shape index (κ2) is 34.6. The van der Waals surface area contributed by atoms with Crippen LogP contribution in [0.3, 0.4) is 0 Å². The summed E-state index contributed by atoms with van der Waals surface area (Å²) in [5.74, 6) is -0.612. The molecule has 0 bridgehead atoms. The van der Waals surface area contributed by atoms with Crippen LogP contribution in [-0.2, 0) is 4.79 Å². The van der Waals surface area contributed by atoms with Crippen LogP contribution >= 0.6 is 0 Å². The van der Waals surface area contributed by atoms with Gasteiger partial charge in [-0.3, -0.25) is 4.79 Å². The minimum Gasteiger partial charge on any atom is -0.394 e. The number of aliphatic hydroxyl groups excluding tert-OH is 4. The van der Waals surface area contributed by atoms with Crippen LogP contribution in [0.4, 0.5) is 0 Å². The van der Waals surface area contributed by atoms with E-state index in [4.69, 9.17) is 0 Å². The van der Waals surface area contributed by atoms with E-state index in [2.05, 4.69) is 67.8 Å². The molecule has 0 aliphatic carbocycles. The number of hydrogen-bond donors (Lipinski definition) is 5. The van der Waals surface area contributed by atoms with Gasteiger partial charge in [0.05, 0.1) is 18.8 Å². The fraction of sp³-hybridized carbons (Fsp3) is 0.775. The molecule has 0 aromatic heterocycles. The van der Waals surface area contributed by atoms with Crippen LogP contribution in [0.2, 0.25) is 0 Å². The lowest BCUT2D eigenvalue weighted by Gasteiger charge is -2.27. The molecule has 5 N–H and O–H groups in total. The van der Waals surface area contributed by atoms with Gasteiger partial charge in [-0.1, -0.05) is 133 Å². The molecule has 268 valence electrons. The third-order valence-corrected chi connectivity index (χ3v) is 8.47. The molecule has 0 aromatic carbocycles. The zero-order valence-electron chi connectivity index (χ0n) is 29.8. The van der Waals surface area contributed by atoms with Crippen LogP contribution in [0.15, 0.2) is 48.6 Å². The van der Waals surface area contributed by atoms with Gasteiger partial charge in [-0.2, -0.15) is 0 Å². The topological polar surface area (TPSA) is 110 Å². The summed E-state index contributed by atoms with van der Waals surface area (Å²) < 4.78 is 0. The molecule has 0 aromatic rings. The molecule has 0 saturated heterocycles. The molecule has 4 atom stereocenters. The van der Waals surface area contributed by atoms with E-state index in [1.54, 1.807) is 0 Å². The van der Waals surface area contributed by atoms with E-state index in [0.717, 1.165) is 64.2 Å². The van der Waals surface area contributed by atoms with Gasteiger partial charge in [-0.05, 0) is 83.5 Å². The maximum absolute atomic E-state index is 12.4. The highest BCUT2D eigenvalue weighted by atomic mass is 16.3. The molecule has 6 nitrogen and oxygen atoms in total. The normalized spacial score (nSPS) is 15.0. The van der Waals surface area contributed by atoms with Crippen LogP contribution in [0.5, 0.6) is 0 Å². The van der Waals surface area contributed by atoms with Crippen molar-refractivity contribution >= 4 is 5.91 Å². The summed E-state index contributed by atoms with van der Waals surface area (Å²) in [7, 11) is 0. The van der Waals surface area contributed by atoms with E-state index in [1.807, 2.05) is 0 Å². The Balaban J connectivity index is 3.93. The molecule has 0 saturated carbocycles. The highest BCUT2D eigenvalue weighted by Gasteiger charge is 2.28. The maximum atomic E-state index is 12.4. The average molecular weight is 648 g/mol. The third kappa shape index (κ3) is 28.5. The Kier molecular flexibility index (Phi) is 33.3. The van der Waals surface area contributed by atoms with Gasteiger partial charge in [-0.25, -0.2) is 0 Å². The van der Waals surface area contributed by atoms with Crippen molar-refractivity contribution in [2.75, 3.05) is 6.61 Å². The zero-order valence-corrected chi connectivity index (χ0v) is 29.8. The Labute approximate surface area is 283 Å². The van der Waals surface area contributed by atoms with E-state index in [9.17, 15) is 25.2 Å². The molecule has 0 aliphatic heterocycles. The van der Waals surface area contributed by atoms with Crippen molar-refractivity contribution in [1.29, 1.82) is 0 Å². The Morgan fingerprint density at radius 1 is 0.522 bits per heavy atom. The number of hydrogen-bond acceptors (Lipinski definition) is 5. The SMILES string of the molecule is CCCC/C=C/CC/C=C/CC/C=C/CCCC(O)C(O)C(CO)NC(=O)C(O)CCCCCC/C=C\CCCCCCCCC. The number of nitrogens with one attached hydrogen (secondary N) is 1. The van der Waals surface area contributed by atoms with Crippen molar-refractivity contribution < 1.29 is 25.2 Å². The lowest BCUT2D eigenvalue weighted by atomic mass is 10.00. The molecule has 0 aliphatic rings. The van der Waals surface area contributed by atoms with Crippen molar-refractivity contribution in [3.63, 3.8) is 0 Å². The highest BCUT2D eigenvalue weighted by molar-refractivity contribution is 5.80. The van der Waals surface area contributed by atoms with Gasteiger partial charge >= 0.3 is 0 Å². The van der Waals surface area contributed by atoms with Gasteiger partial charge in [0.25, 0.3) is 0 Å². The molecule has 46 heavy (non-hydrogen) atoms. The van der Waals surface area contributed by atoms with E-state index < -0.39 is 36.9 Å². The molecule has 1 amide bonds. The van der Waals surface area contributed by atoms with E-state index in [0.29, 0.717) is 19.3 Å². The minimum atomic E-state index is -1.30. The Hall–Kier alpha value is -1.73. The van der Waals surface area contributed by atoms with Crippen LogP contribution in [0, 0.1) is 0 Å². The molecule has 0 radical (unpaired) electrons. The number of amides is 1. The quantitative estimate of drug-likeness (QED) is 0.0360. The van der Waals surface area contributed by atoms with Gasteiger partial charge in [-0.15, -0.1) is 0 Å². The number of unbranched alkanes of at least 4 members (excludes halogenated alkanes) is 16. The first kappa shape index (κ1) is 44.3. The maximum Gasteiger partial charge on any atom is 0.249 e. The van der Waals surface area contributed by atoms with E-state index in [-0.39, 0.29) is 0 Å². The summed E-state index contributed by atoms with van der Waals surface area (Å²) in [4.78, 5) is 12.4. The predicted molar refractivity (Wildman–Crippen MR) is 196 cm³/mol. The summed E-state index contributed by atoms with van der Waals surface area (Å²) in [5.41, 5.74) is 0. The van der Waals surface area contributed by atoms with Crippen LogP contribution in [-0.4, -0.2) is 57.3 Å². The van der Waals surface area contributed by atoms with Crippen molar-refractivity contribution in [3.05, 3.63) is 48.6 Å². The number of allylic oxidation sites excluding steroid dienone is 8. The lowest BCUT2D eigenvalue weighted by molar-refractivity contribution is -0.132. The number of aliphatic hydroxyl groups is 4. The van der Waals surface area contributed by atoms with Gasteiger partial charge < -0.3 is 25.7 Å². The van der Waals surface area contributed by atoms with E-state index >= 15 is 0 Å². The summed E-state index contributed by atoms with van der Waals surface area (Å²) in [5, 5.41) is 43.4. The number of carbonyl (C=O) groups excluding carboxylic acids is 1. The van der Waals surface area contributed by atoms with Crippen molar-refractivity contribution in [3.8, 4) is 0 Å². The Bertz CT molecular complexity index is 778. The second-order valence-electron chi connectivity index (χ2n) is 12.9. The molecular formula is C40H73NO5. The van der Waals surface area contributed by atoms with Crippen molar-refractivity contribution in [1.82, 2.24) is 5.32 Å². The monoisotopic (exact) mass is 648 g/mol. The van der Waals surface area contributed by atoms with Gasteiger partial charge in [0.1, 0.15) is 12.2 Å². The summed E-state index contributed by atoms with van der Waals surface area (Å²) in [6.45, 7) is 3.96. The Morgan fingerprint density at radius 2 is 0.935 bits per heavy atom. The second-order valence-corrected chi connectivity index (χ2v) is 12.9. The van der Waals surface area contributed by atoms with Gasteiger partial charge in [0, 0.05) is 0 Å². The molecule has 0 spiro atoms. The van der Waals surface area contributed by atoms with Gasteiger partial charge in [0.15, 0.2) is 0 Å². The standard InChI is InChI=1S/C40H73NO5/c1-3-5-7-9-11-13-15-17-19-21-23-25-27-29-31-33-37(43)39(45)36(35-42)41-40(46)38(44)34-32-30-28-26-24-22-20-18-16-14-12-10-8-6-4-2/h9,11,17,19-20,22,25,27,36-39,42-45H,3-8,10,12-16,18,21,23-24,26,28-35H2,1-2H3,(H,41,46)/b11-9+,19-17+,22-20-,27-25+. The fourth-order valence-electron chi connectivity index (χ4n) is 5.36. The van der Waals surface area contributed by atoms with Gasteiger partial charge in [0.2, 0.25) is 5.91 Å². The molecule has 0 heterocycles.